The molecule has 0 amide bonds. The van der Waals surface area contributed by atoms with Crippen molar-refractivity contribution in [2.75, 3.05) is 12.3 Å². The molecule has 17 heavy (non-hydrogen) atoms. The van der Waals surface area contributed by atoms with Gasteiger partial charge in [-0.2, -0.15) is 13.2 Å². The van der Waals surface area contributed by atoms with E-state index in [2.05, 4.69) is 11.4 Å². The zero-order valence-electron chi connectivity index (χ0n) is 9.90. The lowest BCUT2D eigenvalue weighted by Gasteiger charge is -2.08. The van der Waals surface area contributed by atoms with Gasteiger partial charge in [0.15, 0.2) is 0 Å². The van der Waals surface area contributed by atoms with Gasteiger partial charge in [-0.15, -0.1) is 0 Å². The molecule has 1 nitrogen and oxygen atoms in total. The smallest absolute Gasteiger partial charge is 0.312 e. The monoisotopic (exact) mass is 263 g/mol. The number of rotatable bonds is 5. The molecular weight excluding hydrogens is 247 g/mol. The molecule has 0 fully saturated rings. The number of halogens is 3. The van der Waals surface area contributed by atoms with Crippen LogP contribution in [0.4, 0.5) is 13.2 Å². The maximum Gasteiger partial charge on any atom is 0.441 e. The summed E-state index contributed by atoms with van der Waals surface area (Å²) < 4.78 is 35.5. The number of hydrogen-bond donors (Lipinski definition) is 1. The predicted octanol–water partition coefficient (Wildman–Crippen LogP) is 3.65. The van der Waals surface area contributed by atoms with Crippen molar-refractivity contribution >= 4 is 11.8 Å². The second kappa shape index (κ2) is 6.31. The normalized spacial score (nSPS) is 11.8. The lowest BCUT2D eigenvalue weighted by atomic mass is 10.1. The van der Waals surface area contributed by atoms with Crippen LogP contribution in [0.2, 0.25) is 0 Å². The Labute approximate surface area is 104 Å². The first kappa shape index (κ1) is 14.4. The molecule has 0 heterocycles. The van der Waals surface area contributed by atoms with E-state index in [1.807, 2.05) is 26.0 Å². The zero-order valence-corrected chi connectivity index (χ0v) is 10.7. The van der Waals surface area contributed by atoms with Crippen molar-refractivity contribution in [3.63, 3.8) is 0 Å². The van der Waals surface area contributed by atoms with Crippen molar-refractivity contribution in [2.45, 2.75) is 25.9 Å². The molecule has 0 aliphatic rings. The summed E-state index contributed by atoms with van der Waals surface area (Å²) in [4.78, 5) is 0. The van der Waals surface area contributed by atoms with Gasteiger partial charge in [0.25, 0.3) is 0 Å². The summed E-state index contributed by atoms with van der Waals surface area (Å²) in [6, 6.07) is 6.15. The van der Waals surface area contributed by atoms with Crippen LogP contribution in [0.5, 0.6) is 0 Å². The fourth-order valence-electron chi connectivity index (χ4n) is 1.64. The lowest BCUT2D eigenvalue weighted by Crippen LogP contribution is -2.18. The molecule has 0 saturated heterocycles. The van der Waals surface area contributed by atoms with Crippen LogP contribution in [0.25, 0.3) is 0 Å². The van der Waals surface area contributed by atoms with Crippen molar-refractivity contribution in [3.8, 4) is 0 Å². The van der Waals surface area contributed by atoms with Crippen molar-refractivity contribution in [1.82, 2.24) is 5.32 Å². The summed E-state index contributed by atoms with van der Waals surface area (Å²) in [6.45, 7) is 4.99. The molecule has 1 N–H and O–H groups in total. The van der Waals surface area contributed by atoms with E-state index in [0.717, 1.165) is 5.56 Å². The topological polar surface area (TPSA) is 12.0 Å². The Balaban J connectivity index is 2.27. The fraction of sp³-hybridized carbons (Fsp3) is 0.500. The Bertz CT molecular complexity index is 343. The van der Waals surface area contributed by atoms with E-state index >= 15 is 0 Å². The first-order chi connectivity index (χ1) is 7.87. The van der Waals surface area contributed by atoms with Gasteiger partial charge in [-0.25, -0.2) is 0 Å². The Morgan fingerprint density at radius 3 is 2.24 bits per heavy atom. The highest BCUT2D eigenvalue weighted by molar-refractivity contribution is 8.00. The number of alkyl halides is 3. The minimum absolute atomic E-state index is 0.0125. The summed E-state index contributed by atoms with van der Waals surface area (Å²) in [7, 11) is 0. The number of hydrogen-bond acceptors (Lipinski definition) is 2. The molecule has 1 aromatic carbocycles. The molecule has 0 aliphatic carbocycles. The quantitative estimate of drug-likeness (QED) is 0.814. The van der Waals surface area contributed by atoms with E-state index in [1.165, 1.54) is 11.1 Å². The van der Waals surface area contributed by atoms with E-state index in [4.69, 9.17) is 0 Å². The van der Waals surface area contributed by atoms with E-state index < -0.39 is 5.51 Å². The lowest BCUT2D eigenvalue weighted by molar-refractivity contribution is -0.0327. The van der Waals surface area contributed by atoms with Crippen molar-refractivity contribution in [2.24, 2.45) is 0 Å². The molecule has 0 saturated carbocycles. The molecule has 1 aromatic rings. The molecule has 1 rings (SSSR count). The van der Waals surface area contributed by atoms with Gasteiger partial charge in [-0.05, 0) is 31.2 Å². The van der Waals surface area contributed by atoms with Crippen LogP contribution in [-0.4, -0.2) is 17.8 Å². The Morgan fingerprint density at radius 2 is 1.71 bits per heavy atom. The molecular formula is C12H16F3NS. The van der Waals surface area contributed by atoms with Crippen molar-refractivity contribution in [3.05, 3.63) is 34.9 Å². The maximum atomic E-state index is 11.8. The summed E-state index contributed by atoms with van der Waals surface area (Å²) in [5, 5.41) is 3.01. The Hall–Kier alpha value is -0.680. The van der Waals surface area contributed by atoms with Gasteiger partial charge in [0.1, 0.15) is 0 Å². The van der Waals surface area contributed by atoms with E-state index in [1.54, 1.807) is 0 Å². The highest BCUT2D eigenvalue weighted by atomic mass is 32.2. The third-order valence-electron chi connectivity index (χ3n) is 2.16. The Kier molecular flexibility index (Phi) is 5.33. The summed E-state index contributed by atoms with van der Waals surface area (Å²) in [6.07, 6.45) is 0. The molecule has 0 bridgehead atoms. The zero-order chi connectivity index (χ0) is 12.9. The van der Waals surface area contributed by atoms with Crippen LogP contribution in [0.1, 0.15) is 16.7 Å². The molecule has 0 aromatic heterocycles. The van der Waals surface area contributed by atoms with Crippen molar-refractivity contribution in [1.29, 1.82) is 0 Å². The summed E-state index contributed by atoms with van der Waals surface area (Å²) >= 11 is 0.0125. The third-order valence-corrected chi connectivity index (χ3v) is 2.89. The van der Waals surface area contributed by atoms with Gasteiger partial charge >= 0.3 is 5.51 Å². The molecule has 0 spiro atoms. The van der Waals surface area contributed by atoms with Crippen LogP contribution < -0.4 is 5.32 Å². The summed E-state index contributed by atoms with van der Waals surface area (Å²) in [5.74, 6) is 0.0499. The van der Waals surface area contributed by atoms with Gasteiger partial charge in [-0.3, -0.25) is 0 Å². The molecule has 5 heteroatoms. The molecule has 96 valence electrons. The van der Waals surface area contributed by atoms with Crippen LogP contribution >= 0.6 is 11.8 Å². The molecule has 0 aliphatic heterocycles. The van der Waals surface area contributed by atoms with E-state index in [0.29, 0.717) is 13.1 Å². The SMILES string of the molecule is Cc1cc(C)cc(CNCCSC(F)(F)F)c1. The van der Waals surface area contributed by atoms with E-state index in [9.17, 15) is 13.2 Å². The largest absolute Gasteiger partial charge is 0.441 e. The highest BCUT2D eigenvalue weighted by Gasteiger charge is 2.27. The maximum absolute atomic E-state index is 11.8. The second-order valence-electron chi connectivity index (χ2n) is 3.97. The average Bonchev–Trinajstić information content (AvgIpc) is 2.13. The number of nitrogens with one attached hydrogen (secondary N) is 1. The minimum Gasteiger partial charge on any atom is -0.312 e. The van der Waals surface area contributed by atoms with Gasteiger partial charge < -0.3 is 5.32 Å². The minimum atomic E-state index is -4.12. The van der Waals surface area contributed by atoms with Crippen molar-refractivity contribution < 1.29 is 13.2 Å². The van der Waals surface area contributed by atoms with Crippen LogP contribution in [0.15, 0.2) is 18.2 Å². The third kappa shape index (κ3) is 6.58. The molecule has 0 radical (unpaired) electrons. The summed E-state index contributed by atoms with van der Waals surface area (Å²) in [5.41, 5.74) is -0.667. The fourth-order valence-corrected chi connectivity index (χ4v) is 2.12. The molecule has 0 atom stereocenters. The standard InChI is InChI=1S/C12H16F3NS/c1-9-5-10(2)7-11(6-9)8-16-3-4-17-12(13,14)15/h5-7,16H,3-4,8H2,1-2H3. The van der Waals surface area contributed by atoms with Gasteiger partial charge in [0.05, 0.1) is 0 Å². The second-order valence-corrected chi connectivity index (χ2v) is 5.13. The van der Waals surface area contributed by atoms with E-state index in [-0.39, 0.29) is 17.5 Å². The van der Waals surface area contributed by atoms with Crippen LogP contribution in [0, 0.1) is 13.8 Å². The highest BCUT2D eigenvalue weighted by Crippen LogP contribution is 2.29. The van der Waals surface area contributed by atoms with Crippen LogP contribution in [-0.2, 0) is 6.54 Å². The molecule has 0 unspecified atom stereocenters. The predicted molar refractivity (Wildman–Crippen MR) is 66.1 cm³/mol. The average molecular weight is 263 g/mol. The van der Waals surface area contributed by atoms with Gasteiger partial charge in [-0.1, -0.05) is 29.3 Å². The first-order valence-electron chi connectivity index (χ1n) is 5.35. The van der Waals surface area contributed by atoms with Crippen LogP contribution in [0.3, 0.4) is 0 Å². The number of benzene rings is 1. The number of aryl methyl sites for hydroxylation is 2. The number of thioether (sulfide) groups is 1. The first-order valence-corrected chi connectivity index (χ1v) is 6.34. The van der Waals surface area contributed by atoms with Gasteiger partial charge in [0, 0.05) is 18.8 Å². The van der Waals surface area contributed by atoms with Gasteiger partial charge in [0.2, 0.25) is 0 Å². The Morgan fingerprint density at radius 1 is 1.12 bits per heavy atom.